The summed E-state index contributed by atoms with van der Waals surface area (Å²) in [7, 11) is 0. The Morgan fingerprint density at radius 1 is 0.952 bits per heavy atom. The molecule has 0 fully saturated rings. The van der Waals surface area contributed by atoms with Crippen molar-refractivity contribution in [2.75, 3.05) is 18.4 Å². The zero-order chi connectivity index (χ0) is 16.1. The van der Waals surface area contributed by atoms with Gasteiger partial charge in [-0.3, -0.25) is 4.79 Å². The summed E-state index contributed by atoms with van der Waals surface area (Å²) in [5.41, 5.74) is -0.447. The van der Waals surface area contributed by atoms with Crippen molar-refractivity contribution in [2.45, 2.75) is 64.9 Å². The van der Waals surface area contributed by atoms with Crippen molar-refractivity contribution >= 4 is 27.9 Å². The van der Waals surface area contributed by atoms with E-state index in [0.29, 0.717) is 13.0 Å². The van der Waals surface area contributed by atoms with Crippen LogP contribution in [0.15, 0.2) is 0 Å². The van der Waals surface area contributed by atoms with E-state index in [1.807, 2.05) is 20.8 Å². The third kappa shape index (κ3) is 15.4. The Balaban J connectivity index is 3.33. The number of nitrogens with one attached hydrogen (secondary N) is 2. The van der Waals surface area contributed by atoms with Crippen LogP contribution >= 0.6 is 15.9 Å². The van der Waals surface area contributed by atoms with E-state index in [0.717, 1.165) is 44.0 Å². The Morgan fingerprint density at radius 2 is 1.52 bits per heavy atom. The number of ether oxygens (including phenoxy) is 1. The number of alkyl carbamates (subject to hydrolysis) is 1. The average molecular weight is 365 g/mol. The fourth-order valence-corrected chi connectivity index (χ4v) is 1.93. The van der Waals surface area contributed by atoms with Gasteiger partial charge in [0.05, 0.1) is 0 Å². The highest BCUT2D eigenvalue weighted by Gasteiger charge is 2.15. The third-order valence-corrected chi connectivity index (χ3v) is 3.19. The molecule has 2 amide bonds. The summed E-state index contributed by atoms with van der Waals surface area (Å²) in [5.74, 6) is 0.126. The van der Waals surface area contributed by atoms with E-state index in [-0.39, 0.29) is 12.0 Å². The zero-order valence-corrected chi connectivity index (χ0v) is 15.1. The second kappa shape index (κ2) is 11.8. The fraction of sp³-hybridized carbons (Fsp3) is 0.867. The molecule has 0 saturated carbocycles. The van der Waals surface area contributed by atoms with Crippen molar-refractivity contribution in [3.05, 3.63) is 0 Å². The van der Waals surface area contributed by atoms with Crippen LogP contribution in [0.25, 0.3) is 0 Å². The molecule has 0 aromatic rings. The molecular weight excluding hydrogens is 336 g/mol. The van der Waals surface area contributed by atoms with Crippen molar-refractivity contribution in [3.8, 4) is 0 Å². The SMILES string of the molecule is CC(C)(C)OC(=O)NCCCCCCNC(=O)CCCBr. The van der Waals surface area contributed by atoms with Crippen LogP contribution < -0.4 is 10.6 Å². The number of rotatable bonds is 10. The van der Waals surface area contributed by atoms with Crippen molar-refractivity contribution in [2.24, 2.45) is 0 Å². The number of halogens is 1. The summed E-state index contributed by atoms with van der Waals surface area (Å²) < 4.78 is 5.14. The number of carbonyl (C=O) groups is 2. The number of unbranched alkanes of at least 4 members (excludes halogenated alkanes) is 3. The van der Waals surface area contributed by atoms with Crippen LogP contribution in [-0.4, -0.2) is 36.0 Å². The standard InChI is InChI=1S/C15H29BrN2O3/c1-15(2,3)21-14(20)18-12-7-5-4-6-11-17-13(19)9-8-10-16/h4-12H2,1-3H3,(H,17,19)(H,18,20). The predicted octanol–water partition coefficient (Wildman–Crippen LogP) is 3.36. The molecule has 2 N–H and O–H groups in total. The molecule has 0 heterocycles. The average Bonchev–Trinajstić information content (AvgIpc) is 2.37. The Kier molecular flexibility index (Phi) is 11.4. The summed E-state index contributed by atoms with van der Waals surface area (Å²) >= 11 is 3.30. The van der Waals surface area contributed by atoms with Crippen LogP contribution in [0.1, 0.15) is 59.3 Å². The van der Waals surface area contributed by atoms with Gasteiger partial charge in [0.1, 0.15) is 5.60 Å². The van der Waals surface area contributed by atoms with E-state index in [9.17, 15) is 9.59 Å². The molecule has 0 aromatic carbocycles. The maximum absolute atomic E-state index is 11.4. The Morgan fingerprint density at radius 3 is 2.05 bits per heavy atom. The summed E-state index contributed by atoms with van der Waals surface area (Å²) in [4.78, 5) is 22.7. The second-order valence-corrected chi connectivity index (χ2v) is 6.78. The summed E-state index contributed by atoms with van der Waals surface area (Å²) in [6.07, 6.45) is 5.10. The van der Waals surface area contributed by atoms with Gasteiger partial charge in [-0.05, 0) is 40.0 Å². The maximum Gasteiger partial charge on any atom is 0.407 e. The summed E-state index contributed by atoms with van der Waals surface area (Å²) in [5, 5.41) is 6.51. The van der Waals surface area contributed by atoms with E-state index in [1.165, 1.54) is 0 Å². The molecule has 0 spiro atoms. The Bertz CT molecular complexity index is 304. The minimum Gasteiger partial charge on any atom is -0.444 e. The van der Waals surface area contributed by atoms with Gasteiger partial charge in [-0.2, -0.15) is 0 Å². The monoisotopic (exact) mass is 364 g/mol. The van der Waals surface area contributed by atoms with E-state index in [2.05, 4.69) is 26.6 Å². The maximum atomic E-state index is 11.4. The van der Waals surface area contributed by atoms with Gasteiger partial charge in [0.2, 0.25) is 5.91 Å². The molecule has 0 aliphatic heterocycles. The molecule has 21 heavy (non-hydrogen) atoms. The van der Waals surface area contributed by atoms with E-state index in [4.69, 9.17) is 4.74 Å². The van der Waals surface area contributed by atoms with Crippen LogP contribution in [0.5, 0.6) is 0 Å². The minimum atomic E-state index is -0.447. The summed E-state index contributed by atoms with van der Waals surface area (Å²) in [6.45, 7) is 6.91. The summed E-state index contributed by atoms with van der Waals surface area (Å²) in [6, 6.07) is 0. The lowest BCUT2D eigenvalue weighted by molar-refractivity contribution is -0.121. The number of hydrogen-bond acceptors (Lipinski definition) is 3. The molecule has 0 saturated heterocycles. The van der Waals surface area contributed by atoms with E-state index in [1.54, 1.807) is 0 Å². The highest BCUT2D eigenvalue weighted by Crippen LogP contribution is 2.06. The van der Waals surface area contributed by atoms with Gasteiger partial charge in [-0.15, -0.1) is 0 Å². The third-order valence-electron chi connectivity index (χ3n) is 2.63. The second-order valence-electron chi connectivity index (χ2n) is 5.99. The normalized spacial score (nSPS) is 11.0. The molecule has 0 unspecified atom stereocenters. The van der Waals surface area contributed by atoms with Gasteiger partial charge in [-0.25, -0.2) is 4.79 Å². The first-order chi connectivity index (χ1) is 9.85. The van der Waals surface area contributed by atoms with Gasteiger partial charge >= 0.3 is 6.09 Å². The largest absolute Gasteiger partial charge is 0.444 e. The van der Waals surface area contributed by atoms with Crippen molar-refractivity contribution in [1.29, 1.82) is 0 Å². The van der Waals surface area contributed by atoms with Gasteiger partial charge in [0.25, 0.3) is 0 Å². The van der Waals surface area contributed by atoms with Crippen molar-refractivity contribution in [1.82, 2.24) is 10.6 Å². The predicted molar refractivity (Wildman–Crippen MR) is 88.7 cm³/mol. The number of alkyl halides is 1. The molecule has 0 aliphatic rings. The smallest absolute Gasteiger partial charge is 0.407 e. The molecular formula is C15H29BrN2O3. The van der Waals surface area contributed by atoms with Crippen LogP contribution in [0, 0.1) is 0 Å². The zero-order valence-electron chi connectivity index (χ0n) is 13.5. The van der Waals surface area contributed by atoms with Gasteiger partial charge in [0, 0.05) is 24.8 Å². The van der Waals surface area contributed by atoms with Crippen LogP contribution in [0.2, 0.25) is 0 Å². The van der Waals surface area contributed by atoms with Crippen LogP contribution in [0.3, 0.4) is 0 Å². The van der Waals surface area contributed by atoms with E-state index < -0.39 is 5.60 Å². The molecule has 0 aromatic heterocycles. The highest BCUT2D eigenvalue weighted by molar-refractivity contribution is 9.09. The van der Waals surface area contributed by atoms with Gasteiger partial charge in [-0.1, -0.05) is 28.8 Å². The highest BCUT2D eigenvalue weighted by atomic mass is 79.9. The Hall–Kier alpha value is -0.780. The van der Waals surface area contributed by atoms with E-state index >= 15 is 0 Å². The molecule has 124 valence electrons. The quantitative estimate of drug-likeness (QED) is 0.461. The van der Waals surface area contributed by atoms with Crippen molar-refractivity contribution in [3.63, 3.8) is 0 Å². The fourth-order valence-electron chi connectivity index (χ4n) is 1.65. The van der Waals surface area contributed by atoms with Crippen LogP contribution in [-0.2, 0) is 9.53 Å². The molecule has 0 aliphatic carbocycles. The molecule has 6 heteroatoms. The first-order valence-corrected chi connectivity index (χ1v) is 8.77. The topological polar surface area (TPSA) is 67.4 Å². The molecule has 5 nitrogen and oxygen atoms in total. The van der Waals surface area contributed by atoms with Crippen LogP contribution in [0.4, 0.5) is 4.79 Å². The molecule has 0 radical (unpaired) electrons. The van der Waals surface area contributed by atoms with Crippen molar-refractivity contribution < 1.29 is 14.3 Å². The molecule has 0 rings (SSSR count). The Labute approximate surface area is 136 Å². The first kappa shape index (κ1) is 20.2. The van der Waals surface area contributed by atoms with Gasteiger partial charge < -0.3 is 15.4 Å². The number of hydrogen-bond donors (Lipinski definition) is 2. The lowest BCUT2D eigenvalue weighted by Crippen LogP contribution is -2.33. The minimum absolute atomic E-state index is 0.126. The molecule has 0 atom stereocenters. The first-order valence-electron chi connectivity index (χ1n) is 7.64. The van der Waals surface area contributed by atoms with Gasteiger partial charge in [0.15, 0.2) is 0 Å². The lowest BCUT2D eigenvalue weighted by atomic mass is 10.2. The molecule has 0 bridgehead atoms. The number of carbonyl (C=O) groups excluding carboxylic acids is 2. The lowest BCUT2D eigenvalue weighted by Gasteiger charge is -2.19. The number of amides is 2.